The second-order valence-corrected chi connectivity index (χ2v) is 6.67. The number of nitrogens with zero attached hydrogens (tertiary/aromatic N) is 2. The van der Waals surface area contributed by atoms with Gasteiger partial charge in [0.05, 0.1) is 18.5 Å². The molecule has 1 N–H and O–H groups in total. The molecule has 0 bridgehead atoms. The first kappa shape index (κ1) is 18.1. The Kier molecular flexibility index (Phi) is 6.33. The fraction of sp³-hybridized carbons (Fsp3) is 0.250. The first-order valence-corrected chi connectivity index (χ1v) is 9.38. The summed E-state index contributed by atoms with van der Waals surface area (Å²) in [6.45, 7) is 0.626. The van der Waals surface area contributed by atoms with Gasteiger partial charge in [-0.1, -0.05) is 18.2 Å². The van der Waals surface area contributed by atoms with Crippen molar-refractivity contribution in [1.82, 2.24) is 15.3 Å². The number of hydrogen-bond donors (Lipinski definition) is 1. The van der Waals surface area contributed by atoms with Crippen molar-refractivity contribution < 1.29 is 9.53 Å². The van der Waals surface area contributed by atoms with E-state index in [-0.39, 0.29) is 5.91 Å². The van der Waals surface area contributed by atoms with E-state index in [9.17, 15) is 4.79 Å². The maximum Gasteiger partial charge on any atom is 0.220 e. The summed E-state index contributed by atoms with van der Waals surface area (Å²) < 4.78 is 5.14. The van der Waals surface area contributed by atoms with Crippen molar-refractivity contribution in [2.75, 3.05) is 13.7 Å². The van der Waals surface area contributed by atoms with Crippen LogP contribution in [-0.2, 0) is 17.6 Å². The van der Waals surface area contributed by atoms with E-state index in [2.05, 4.69) is 15.3 Å². The molecule has 1 amide bonds. The van der Waals surface area contributed by atoms with Crippen molar-refractivity contribution in [3.05, 3.63) is 65.3 Å². The second-order valence-electron chi connectivity index (χ2n) is 5.81. The number of carbonyl (C=O) groups is 1. The lowest BCUT2D eigenvalue weighted by molar-refractivity contribution is -0.121. The average molecular weight is 367 g/mol. The molecule has 0 spiro atoms. The van der Waals surface area contributed by atoms with Crippen LogP contribution in [0.25, 0.3) is 10.7 Å². The van der Waals surface area contributed by atoms with E-state index < -0.39 is 0 Å². The molecule has 0 radical (unpaired) electrons. The van der Waals surface area contributed by atoms with Crippen LogP contribution in [0.2, 0.25) is 0 Å². The minimum atomic E-state index is 0.0471. The molecule has 0 aliphatic rings. The molecule has 2 heterocycles. The summed E-state index contributed by atoms with van der Waals surface area (Å²) >= 11 is 1.56. The fourth-order valence-electron chi connectivity index (χ4n) is 2.50. The van der Waals surface area contributed by atoms with Gasteiger partial charge in [-0.15, -0.1) is 11.3 Å². The smallest absolute Gasteiger partial charge is 0.220 e. The summed E-state index contributed by atoms with van der Waals surface area (Å²) in [5, 5.41) is 5.85. The van der Waals surface area contributed by atoms with Gasteiger partial charge < -0.3 is 10.1 Å². The summed E-state index contributed by atoms with van der Waals surface area (Å²) in [7, 11) is 1.65. The van der Waals surface area contributed by atoms with Gasteiger partial charge in [0, 0.05) is 24.5 Å². The van der Waals surface area contributed by atoms with Crippen molar-refractivity contribution in [1.29, 1.82) is 0 Å². The number of carbonyl (C=O) groups excluding carboxylic acids is 1. The topological polar surface area (TPSA) is 64.1 Å². The number of ether oxygens (including phenoxy) is 1. The lowest BCUT2D eigenvalue weighted by Crippen LogP contribution is -2.25. The summed E-state index contributed by atoms with van der Waals surface area (Å²) in [5.74, 6) is 0.886. The Balaban J connectivity index is 1.40. The zero-order chi connectivity index (χ0) is 18.2. The van der Waals surface area contributed by atoms with Crippen molar-refractivity contribution in [3.63, 3.8) is 0 Å². The Morgan fingerprint density at radius 2 is 2.00 bits per heavy atom. The lowest BCUT2D eigenvalue weighted by Gasteiger charge is -2.06. The van der Waals surface area contributed by atoms with E-state index in [1.165, 1.54) is 5.56 Å². The van der Waals surface area contributed by atoms with Crippen LogP contribution in [0, 0.1) is 0 Å². The highest BCUT2D eigenvalue weighted by atomic mass is 32.1. The van der Waals surface area contributed by atoms with E-state index in [4.69, 9.17) is 4.74 Å². The molecule has 6 heteroatoms. The third-order valence-electron chi connectivity index (χ3n) is 3.94. The van der Waals surface area contributed by atoms with Crippen LogP contribution in [0.15, 0.2) is 54.0 Å². The quantitative estimate of drug-likeness (QED) is 0.662. The highest BCUT2D eigenvalue weighted by molar-refractivity contribution is 7.13. The van der Waals surface area contributed by atoms with E-state index in [1.807, 2.05) is 47.8 Å². The zero-order valence-electron chi connectivity index (χ0n) is 14.6. The molecule has 26 heavy (non-hydrogen) atoms. The summed E-state index contributed by atoms with van der Waals surface area (Å²) in [6.07, 6.45) is 3.63. The van der Waals surface area contributed by atoms with Crippen LogP contribution in [0.4, 0.5) is 0 Å². The van der Waals surface area contributed by atoms with Crippen molar-refractivity contribution in [2.45, 2.75) is 19.3 Å². The Morgan fingerprint density at radius 1 is 1.15 bits per heavy atom. The predicted octanol–water partition coefficient (Wildman–Crippen LogP) is 3.51. The molecular weight excluding hydrogens is 346 g/mol. The maximum absolute atomic E-state index is 12.0. The van der Waals surface area contributed by atoms with Crippen LogP contribution >= 0.6 is 11.3 Å². The molecule has 5 nitrogen and oxygen atoms in total. The molecule has 1 aromatic carbocycles. The molecule has 134 valence electrons. The van der Waals surface area contributed by atoms with Gasteiger partial charge in [0.1, 0.15) is 10.8 Å². The molecule has 0 atom stereocenters. The molecule has 3 rings (SSSR count). The number of aryl methyl sites for hydroxylation is 1. The molecule has 0 saturated carbocycles. The van der Waals surface area contributed by atoms with Crippen molar-refractivity contribution >= 4 is 17.2 Å². The van der Waals surface area contributed by atoms with Crippen LogP contribution < -0.4 is 10.1 Å². The van der Waals surface area contributed by atoms with Gasteiger partial charge in [-0.3, -0.25) is 9.78 Å². The SMILES string of the molecule is COc1ccc(CCNC(=O)CCc2csc(-c3ccccn3)n2)cc1. The second kappa shape index (κ2) is 9.10. The third-order valence-corrected chi connectivity index (χ3v) is 4.85. The molecular formula is C20H21N3O2S. The normalized spacial score (nSPS) is 10.5. The van der Waals surface area contributed by atoms with E-state index >= 15 is 0 Å². The summed E-state index contributed by atoms with van der Waals surface area (Å²) in [5.41, 5.74) is 2.97. The fourth-order valence-corrected chi connectivity index (χ4v) is 3.33. The lowest BCUT2D eigenvalue weighted by atomic mass is 10.1. The highest BCUT2D eigenvalue weighted by Crippen LogP contribution is 2.21. The monoisotopic (exact) mass is 367 g/mol. The van der Waals surface area contributed by atoms with Crippen LogP contribution in [0.3, 0.4) is 0 Å². The Hall–Kier alpha value is -2.73. The first-order valence-electron chi connectivity index (χ1n) is 8.50. The van der Waals surface area contributed by atoms with Gasteiger partial charge in [0.15, 0.2) is 0 Å². The molecule has 0 aliphatic heterocycles. The standard InChI is InChI=1S/C20H21N3O2S/c1-25-17-8-5-15(6-9-17)11-13-22-19(24)10-7-16-14-26-20(23-16)18-4-2-3-12-21-18/h2-6,8-9,12,14H,7,10-11,13H2,1H3,(H,22,24). The number of benzene rings is 1. The number of hydrogen-bond acceptors (Lipinski definition) is 5. The Morgan fingerprint density at radius 3 is 2.73 bits per heavy atom. The Bertz CT molecular complexity index is 832. The molecule has 0 unspecified atom stereocenters. The predicted molar refractivity (Wildman–Crippen MR) is 103 cm³/mol. The maximum atomic E-state index is 12.0. The largest absolute Gasteiger partial charge is 0.497 e. The van der Waals surface area contributed by atoms with E-state index in [0.29, 0.717) is 19.4 Å². The number of pyridine rings is 1. The van der Waals surface area contributed by atoms with E-state index in [1.54, 1.807) is 24.6 Å². The number of aromatic nitrogens is 2. The van der Waals surface area contributed by atoms with Crippen molar-refractivity contribution in [2.24, 2.45) is 0 Å². The van der Waals surface area contributed by atoms with Gasteiger partial charge >= 0.3 is 0 Å². The van der Waals surface area contributed by atoms with Gasteiger partial charge in [-0.25, -0.2) is 4.98 Å². The minimum absolute atomic E-state index is 0.0471. The summed E-state index contributed by atoms with van der Waals surface area (Å²) in [4.78, 5) is 20.9. The van der Waals surface area contributed by atoms with Gasteiger partial charge in [0.25, 0.3) is 0 Å². The van der Waals surface area contributed by atoms with Crippen LogP contribution in [-0.4, -0.2) is 29.5 Å². The highest BCUT2D eigenvalue weighted by Gasteiger charge is 2.08. The van der Waals surface area contributed by atoms with Crippen LogP contribution in [0.5, 0.6) is 5.75 Å². The number of amides is 1. The number of nitrogens with one attached hydrogen (secondary N) is 1. The zero-order valence-corrected chi connectivity index (χ0v) is 15.5. The van der Waals surface area contributed by atoms with E-state index in [0.717, 1.165) is 28.6 Å². The number of thiazole rings is 1. The molecule has 0 fully saturated rings. The van der Waals surface area contributed by atoms with Gasteiger partial charge in [-0.05, 0) is 42.7 Å². The average Bonchev–Trinajstić information content (AvgIpc) is 3.17. The molecule has 0 aliphatic carbocycles. The number of methoxy groups -OCH3 is 1. The minimum Gasteiger partial charge on any atom is -0.497 e. The molecule has 2 aromatic heterocycles. The Labute approximate surface area is 157 Å². The molecule has 3 aromatic rings. The third kappa shape index (κ3) is 5.13. The van der Waals surface area contributed by atoms with Crippen molar-refractivity contribution in [3.8, 4) is 16.5 Å². The van der Waals surface area contributed by atoms with Gasteiger partial charge in [0.2, 0.25) is 5.91 Å². The summed E-state index contributed by atoms with van der Waals surface area (Å²) in [6, 6.07) is 13.7. The van der Waals surface area contributed by atoms with Crippen LogP contribution in [0.1, 0.15) is 17.7 Å². The molecule has 0 saturated heterocycles. The first-order chi connectivity index (χ1) is 12.7. The number of rotatable bonds is 8. The van der Waals surface area contributed by atoms with Gasteiger partial charge in [-0.2, -0.15) is 0 Å².